The summed E-state index contributed by atoms with van der Waals surface area (Å²) in [5, 5.41) is 0. The van der Waals surface area contributed by atoms with E-state index in [9.17, 15) is 9.59 Å². The maximum absolute atomic E-state index is 13.1. The Morgan fingerprint density at radius 2 is 1.54 bits per heavy atom. The highest BCUT2D eigenvalue weighted by molar-refractivity contribution is 6.07. The zero-order valence-corrected chi connectivity index (χ0v) is 16.1. The quantitative estimate of drug-likeness (QED) is 0.705. The highest BCUT2D eigenvalue weighted by Crippen LogP contribution is 2.49. The van der Waals surface area contributed by atoms with Crippen molar-refractivity contribution >= 4 is 17.5 Å². The van der Waals surface area contributed by atoms with Gasteiger partial charge < -0.3 is 14.7 Å². The van der Waals surface area contributed by atoms with Gasteiger partial charge in [0.05, 0.1) is 0 Å². The standard InChI is InChI=1S/C21H31N3O2/c1-3-12-23(13-4-2)19(25)21(10-11-21)20(26)24-16-14-22(15-17-24)18-8-6-5-7-9-18/h5-9H,3-4,10-17H2,1-2H3. The van der Waals surface area contributed by atoms with E-state index in [4.69, 9.17) is 0 Å². The molecule has 1 aliphatic heterocycles. The second-order valence-corrected chi connectivity index (χ2v) is 7.49. The second-order valence-electron chi connectivity index (χ2n) is 7.49. The molecule has 2 fully saturated rings. The van der Waals surface area contributed by atoms with E-state index in [0.29, 0.717) is 25.9 Å². The van der Waals surface area contributed by atoms with Crippen LogP contribution in [0.4, 0.5) is 5.69 Å². The zero-order valence-electron chi connectivity index (χ0n) is 16.1. The van der Waals surface area contributed by atoms with E-state index < -0.39 is 5.41 Å². The molecule has 5 nitrogen and oxygen atoms in total. The molecule has 0 unspecified atom stereocenters. The summed E-state index contributed by atoms with van der Waals surface area (Å²) in [5.41, 5.74) is 0.452. The van der Waals surface area contributed by atoms with Crippen molar-refractivity contribution in [2.24, 2.45) is 5.41 Å². The summed E-state index contributed by atoms with van der Waals surface area (Å²) in [4.78, 5) is 32.3. The van der Waals surface area contributed by atoms with Crippen LogP contribution in [-0.4, -0.2) is 60.9 Å². The summed E-state index contributed by atoms with van der Waals surface area (Å²) >= 11 is 0. The molecule has 142 valence electrons. The Hall–Kier alpha value is -2.04. The molecule has 1 heterocycles. The summed E-state index contributed by atoms with van der Waals surface area (Å²) in [6.45, 7) is 8.73. The number of amides is 2. The van der Waals surface area contributed by atoms with Gasteiger partial charge in [0.2, 0.25) is 11.8 Å². The third kappa shape index (κ3) is 3.71. The molecular formula is C21H31N3O2. The van der Waals surface area contributed by atoms with Crippen LogP contribution in [0.3, 0.4) is 0 Å². The van der Waals surface area contributed by atoms with E-state index >= 15 is 0 Å². The molecule has 5 heteroatoms. The van der Waals surface area contributed by atoms with E-state index in [2.05, 4.69) is 30.9 Å². The SMILES string of the molecule is CCCN(CCC)C(=O)C1(C(=O)N2CCN(c3ccccc3)CC2)CC1. The molecule has 0 atom stereocenters. The Balaban J connectivity index is 1.61. The molecule has 1 aromatic carbocycles. The third-order valence-corrected chi connectivity index (χ3v) is 5.53. The van der Waals surface area contributed by atoms with E-state index in [-0.39, 0.29) is 11.8 Å². The number of hydrogen-bond acceptors (Lipinski definition) is 3. The molecule has 2 aliphatic rings. The van der Waals surface area contributed by atoms with Crippen LogP contribution in [0.5, 0.6) is 0 Å². The van der Waals surface area contributed by atoms with Crippen LogP contribution in [-0.2, 0) is 9.59 Å². The van der Waals surface area contributed by atoms with Crippen molar-refractivity contribution in [1.82, 2.24) is 9.80 Å². The molecule has 0 spiro atoms. The molecule has 0 N–H and O–H groups in total. The molecule has 1 saturated heterocycles. The average Bonchev–Trinajstić information content (AvgIpc) is 3.49. The fourth-order valence-corrected chi connectivity index (χ4v) is 3.91. The van der Waals surface area contributed by atoms with Gasteiger partial charge in [0.15, 0.2) is 0 Å². The summed E-state index contributed by atoms with van der Waals surface area (Å²) in [6.07, 6.45) is 3.30. The van der Waals surface area contributed by atoms with Crippen LogP contribution < -0.4 is 4.90 Å². The minimum absolute atomic E-state index is 0.0624. The van der Waals surface area contributed by atoms with Crippen molar-refractivity contribution in [3.63, 3.8) is 0 Å². The minimum Gasteiger partial charge on any atom is -0.368 e. The monoisotopic (exact) mass is 357 g/mol. The molecule has 2 amide bonds. The Labute approximate surface area is 156 Å². The van der Waals surface area contributed by atoms with Crippen LogP contribution >= 0.6 is 0 Å². The highest BCUT2D eigenvalue weighted by atomic mass is 16.2. The Morgan fingerprint density at radius 1 is 0.962 bits per heavy atom. The van der Waals surface area contributed by atoms with Gasteiger partial charge in [0.1, 0.15) is 5.41 Å². The lowest BCUT2D eigenvalue weighted by atomic mass is 10.0. The lowest BCUT2D eigenvalue weighted by Gasteiger charge is -2.38. The summed E-state index contributed by atoms with van der Waals surface area (Å²) in [6, 6.07) is 10.3. The van der Waals surface area contributed by atoms with Crippen molar-refractivity contribution in [3.05, 3.63) is 30.3 Å². The molecule has 0 radical (unpaired) electrons. The van der Waals surface area contributed by atoms with Gasteiger partial charge in [-0.15, -0.1) is 0 Å². The summed E-state index contributed by atoms with van der Waals surface area (Å²) in [5.74, 6) is 0.129. The van der Waals surface area contributed by atoms with Gasteiger partial charge in [-0.25, -0.2) is 0 Å². The molecule has 0 bridgehead atoms. The van der Waals surface area contributed by atoms with Crippen LogP contribution in [0, 0.1) is 5.41 Å². The average molecular weight is 357 g/mol. The predicted octanol–water partition coefficient (Wildman–Crippen LogP) is 2.76. The van der Waals surface area contributed by atoms with E-state index in [1.54, 1.807) is 0 Å². The van der Waals surface area contributed by atoms with E-state index in [1.807, 2.05) is 28.0 Å². The molecule has 0 aromatic heterocycles. The van der Waals surface area contributed by atoms with Gasteiger partial charge >= 0.3 is 0 Å². The largest absolute Gasteiger partial charge is 0.368 e. The van der Waals surface area contributed by atoms with Gasteiger partial charge in [0, 0.05) is 45.0 Å². The minimum atomic E-state index is -0.751. The fraction of sp³-hybridized carbons (Fsp3) is 0.619. The zero-order chi connectivity index (χ0) is 18.6. The highest BCUT2D eigenvalue weighted by Gasteiger charge is 2.59. The van der Waals surface area contributed by atoms with Gasteiger partial charge in [-0.05, 0) is 37.8 Å². The number of carbonyl (C=O) groups is 2. The van der Waals surface area contributed by atoms with E-state index in [0.717, 1.165) is 39.0 Å². The molecule has 1 aliphatic carbocycles. The van der Waals surface area contributed by atoms with Crippen molar-refractivity contribution in [2.75, 3.05) is 44.2 Å². The van der Waals surface area contributed by atoms with Gasteiger partial charge in [-0.1, -0.05) is 32.0 Å². The molecular weight excluding hydrogens is 326 g/mol. The van der Waals surface area contributed by atoms with Gasteiger partial charge in [0.25, 0.3) is 0 Å². The smallest absolute Gasteiger partial charge is 0.238 e. The van der Waals surface area contributed by atoms with Crippen molar-refractivity contribution in [1.29, 1.82) is 0 Å². The number of rotatable bonds is 7. The number of hydrogen-bond donors (Lipinski definition) is 0. The number of nitrogens with zero attached hydrogens (tertiary/aromatic N) is 3. The van der Waals surface area contributed by atoms with Crippen molar-refractivity contribution in [3.8, 4) is 0 Å². The van der Waals surface area contributed by atoms with Gasteiger partial charge in [-0.2, -0.15) is 0 Å². The number of piperazine rings is 1. The number of carbonyl (C=O) groups excluding carboxylic acids is 2. The van der Waals surface area contributed by atoms with Crippen LogP contribution in [0.25, 0.3) is 0 Å². The maximum atomic E-state index is 13.1. The summed E-state index contributed by atoms with van der Waals surface area (Å²) in [7, 11) is 0. The first-order chi connectivity index (χ1) is 12.6. The first-order valence-corrected chi connectivity index (χ1v) is 10.0. The second kappa shape index (κ2) is 8.11. The fourth-order valence-electron chi connectivity index (χ4n) is 3.91. The normalized spacial score (nSPS) is 18.5. The Bertz CT molecular complexity index is 613. The van der Waals surface area contributed by atoms with Gasteiger partial charge in [-0.3, -0.25) is 9.59 Å². The molecule has 26 heavy (non-hydrogen) atoms. The number of benzene rings is 1. The predicted molar refractivity (Wildman–Crippen MR) is 104 cm³/mol. The van der Waals surface area contributed by atoms with Crippen molar-refractivity contribution < 1.29 is 9.59 Å². The Morgan fingerprint density at radius 3 is 2.04 bits per heavy atom. The molecule has 3 rings (SSSR count). The lowest BCUT2D eigenvalue weighted by molar-refractivity contribution is -0.149. The van der Waals surface area contributed by atoms with Crippen LogP contribution in [0.15, 0.2) is 30.3 Å². The summed E-state index contributed by atoms with van der Waals surface area (Å²) < 4.78 is 0. The first kappa shape index (κ1) is 18.7. The van der Waals surface area contributed by atoms with Crippen LogP contribution in [0.2, 0.25) is 0 Å². The number of anilines is 1. The molecule has 1 saturated carbocycles. The maximum Gasteiger partial charge on any atom is 0.238 e. The topological polar surface area (TPSA) is 43.9 Å². The van der Waals surface area contributed by atoms with Crippen LogP contribution in [0.1, 0.15) is 39.5 Å². The number of para-hydroxylation sites is 1. The van der Waals surface area contributed by atoms with Crippen molar-refractivity contribution in [2.45, 2.75) is 39.5 Å². The first-order valence-electron chi connectivity index (χ1n) is 10.0. The lowest BCUT2D eigenvalue weighted by Crippen LogP contribution is -2.54. The molecule has 1 aromatic rings. The third-order valence-electron chi connectivity index (χ3n) is 5.53. The Kier molecular flexibility index (Phi) is 5.84. The van der Waals surface area contributed by atoms with E-state index in [1.165, 1.54) is 5.69 Å².